The van der Waals surface area contributed by atoms with Crippen LogP contribution in [-0.4, -0.2) is 35.9 Å². The van der Waals surface area contributed by atoms with Crippen molar-refractivity contribution in [2.24, 2.45) is 0 Å². The fraction of sp³-hybridized carbons (Fsp3) is 0.250. The third kappa shape index (κ3) is 5.07. The van der Waals surface area contributed by atoms with Crippen LogP contribution in [0.25, 0.3) is 0 Å². The fourth-order valence-corrected chi connectivity index (χ4v) is 2.72. The van der Waals surface area contributed by atoms with Crippen molar-refractivity contribution in [1.82, 2.24) is 15.2 Å². The van der Waals surface area contributed by atoms with Gasteiger partial charge in [0.15, 0.2) is 5.82 Å². The van der Waals surface area contributed by atoms with Crippen molar-refractivity contribution >= 4 is 11.8 Å². The number of nitrogens with zero attached hydrogens (tertiary/aromatic N) is 3. The van der Waals surface area contributed by atoms with E-state index >= 15 is 0 Å². The van der Waals surface area contributed by atoms with Gasteiger partial charge in [-0.25, -0.2) is 0 Å². The summed E-state index contributed by atoms with van der Waals surface area (Å²) in [7, 11) is 3.34. The summed E-state index contributed by atoms with van der Waals surface area (Å²) in [6.45, 7) is 1.27. The van der Waals surface area contributed by atoms with Gasteiger partial charge < -0.3 is 20.1 Å². The Labute approximate surface area is 158 Å². The topological polar surface area (TPSA) is 81.2 Å². The lowest BCUT2D eigenvalue weighted by Crippen LogP contribution is -2.11. The molecule has 0 aliphatic heterocycles. The van der Waals surface area contributed by atoms with Crippen LogP contribution in [0.3, 0.4) is 0 Å². The number of rotatable bonds is 9. The molecular weight excluding hydrogens is 342 g/mol. The minimum Gasteiger partial charge on any atom is -0.496 e. The molecule has 0 saturated heterocycles. The smallest absolute Gasteiger partial charge is 0.244 e. The second kappa shape index (κ2) is 9.38. The maximum Gasteiger partial charge on any atom is 0.244 e. The van der Waals surface area contributed by atoms with Crippen LogP contribution in [0.4, 0.5) is 11.8 Å². The summed E-state index contributed by atoms with van der Waals surface area (Å²) in [5.41, 5.74) is 2.18. The number of nitrogens with one attached hydrogen (secondary N) is 2. The second-order valence-electron chi connectivity index (χ2n) is 5.82. The van der Waals surface area contributed by atoms with Crippen molar-refractivity contribution in [3.05, 3.63) is 65.9 Å². The summed E-state index contributed by atoms with van der Waals surface area (Å²) >= 11 is 0. The van der Waals surface area contributed by atoms with E-state index in [2.05, 4.69) is 25.8 Å². The number of hydrogen-bond acceptors (Lipinski definition) is 7. The molecule has 1 heterocycles. The zero-order valence-corrected chi connectivity index (χ0v) is 15.5. The molecule has 0 spiro atoms. The minimum atomic E-state index is 0.481. The first-order valence-electron chi connectivity index (χ1n) is 8.71. The Kier molecular flexibility index (Phi) is 6.40. The first-order chi connectivity index (χ1) is 13.3. The van der Waals surface area contributed by atoms with Crippen molar-refractivity contribution in [2.45, 2.75) is 13.0 Å². The number of aromatic nitrogens is 3. The Bertz CT molecular complexity index is 872. The molecule has 0 fully saturated rings. The molecule has 27 heavy (non-hydrogen) atoms. The van der Waals surface area contributed by atoms with Crippen molar-refractivity contribution in [1.29, 1.82) is 0 Å². The van der Waals surface area contributed by atoms with Crippen molar-refractivity contribution in [2.75, 3.05) is 31.4 Å². The summed E-state index contributed by atoms with van der Waals surface area (Å²) in [5.74, 6) is 2.85. The predicted octanol–water partition coefficient (Wildman–Crippen LogP) is 3.16. The van der Waals surface area contributed by atoms with Gasteiger partial charge in [0.2, 0.25) is 5.95 Å². The summed E-state index contributed by atoms with van der Waals surface area (Å²) in [6, 6.07) is 15.8. The highest BCUT2D eigenvalue weighted by atomic mass is 16.5. The van der Waals surface area contributed by atoms with Gasteiger partial charge in [0.25, 0.3) is 0 Å². The maximum atomic E-state index is 5.37. The number of ether oxygens (including phenoxy) is 2. The Morgan fingerprint density at radius 1 is 0.852 bits per heavy atom. The quantitative estimate of drug-likeness (QED) is 0.603. The monoisotopic (exact) mass is 365 g/mol. The molecule has 140 valence electrons. The zero-order chi connectivity index (χ0) is 18.9. The Hall–Kier alpha value is -3.35. The van der Waals surface area contributed by atoms with E-state index in [4.69, 9.17) is 9.47 Å². The summed E-state index contributed by atoms with van der Waals surface area (Å²) in [4.78, 5) is 4.45. The van der Waals surface area contributed by atoms with Crippen LogP contribution < -0.4 is 20.1 Å². The third-order valence-corrected chi connectivity index (χ3v) is 4.08. The lowest BCUT2D eigenvalue weighted by Gasteiger charge is -2.11. The lowest BCUT2D eigenvalue weighted by atomic mass is 10.1. The Morgan fingerprint density at radius 3 is 2.26 bits per heavy atom. The van der Waals surface area contributed by atoms with E-state index in [0.717, 1.165) is 29.0 Å². The van der Waals surface area contributed by atoms with Crippen LogP contribution in [0.5, 0.6) is 11.5 Å². The van der Waals surface area contributed by atoms with Gasteiger partial charge in [-0.15, -0.1) is 5.10 Å². The van der Waals surface area contributed by atoms with E-state index in [0.29, 0.717) is 24.9 Å². The van der Waals surface area contributed by atoms with E-state index in [9.17, 15) is 0 Å². The van der Waals surface area contributed by atoms with Crippen LogP contribution >= 0.6 is 0 Å². The molecule has 3 aromatic rings. The van der Waals surface area contributed by atoms with Gasteiger partial charge in [-0.2, -0.15) is 10.1 Å². The second-order valence-corrected chi connectivity index (χ2v) is 5.82. The van der Waals surface area contributed by atoms with Crippen LogP contribution in [-0.2, 0) is 13.0 Å². The van der Waals surface area contributed by atoms with Gasteiger partial charge in [-0.3, -0.25) is 0 Å². The first-order valence-corrected chi connectivity index (χ1v) is 8.71. The van der Waals surface area contributed by atoms with E-state index < -0.39 is 0 Å². The van der Waals surface area contributed by atoms with Crippen LogP contribution in [0.1, 0.15) is 11.1 Å². The van der Waals surface area contributed by atoms with Crippen LogP contribution in [0.15, 0.2) is 54.7 Å². The maximum absolute atomic E-state index is 5.37. The number of benzene rings is 2. The molecule has 0 aliphatic rings. The van der Waals surface area contributed by atoms with Crippen molar-refractivity contribution in [3.8, 4) is 11.5 Å². The SMILES string of the molecule is COc1ccccc1CCNc1nncc(NCc2ccccc2OC)n1. The number of hydrogen-bond donors (Lipinski definition) is 2. The first kappa shape index (κ1) is 18.4. The van der Waals surface area contributed by atoms with Crippen molar-refractivity contribution in [3.63, 3.8) is 0 Å². The largest absolute Gasteiger partial charge is 0.496 e. The highest BCUT2D eigenvalue weighted by Gasteiger charge is 2.05. The Morgan fingerprint density at radius 2 is 1.52 bits per heavy atom. The highest BCUT2D eigenvalue weighted by Crippen LogP contribution is 2.19. The van der Waals surface area contributed by atoms with E-state index in [1.165, 1.54) is 0 Å². The molecule has 0 atom stereocenters. The molecule has 0 radical (unpaired) electrons. The molecule has 7 nitrogen and oxygen atoms in total. The van der Waals surface area contributed by atoms with Gasteiger partial charge >= 0.3 is 0 Å². The highest BCUT2D eigenvalue weighted by molar-refractivity contribution is 5.41. The van der Waals surface area contributed by atoms with Crippen LogP contribution in [0.2, 0.25) is 0 Å². The van der Waals surface area contributed by atoms with E-state index in [1.54, 1.807) is 20.4 Å². The molecule has 7 heteroatoms. The minimum absolute atomic E-state index is 0.481. The molecule has 0 saturated carbocycles. The molecule has 0 bridgehead atoms. The number of anilines is 2. The van der Waals surface area contributed by atoms with Gasteiger partial charge in [0, 0.05) is 18.7 Å². The standard InChI is InChI=1S/C20H23N5O2/c1-26-17-9-5-3-7-15(17)11-12-21-20-24-19(14-23-25-20)22-13-16-8-4-6-10-18(16)27-2/h3-10,14H,11-13H2,1-2H3,(H2,21,22,24,25). The predicted molar refractivity (Wildman–Crippen MR) is 105 cm³/mol. The Balaban J connectivity index is 1.56. The van der Waals surface area contributed by atoms with Gasteiger partial charge in [0.05, 0.1) is 20.4 Å². The molecule has 0 aliphatic carbocycles. The van der Waals surface area contributed by atoms with Crippen molar-refractivity contribution < 1.29 is 9.47 Å². The lowest BCUT2D eigenvalue weighted by molar-refractivity contribution is 0.410. The van der Waals surface area contributed by atoms with Crippen LogP contribution in [0, 0.1) is 0 Å². The zero-order valence-electron chi connectivity index (χ0n) is 15.5. The molecule has 2 N–H and O–H groups in total. The van der Waals surface area contributed by atoms with E-state index in [1.807, 2.05) is 48.5 Å². The van der Waals surface area contributed by atoms with Gasteiger partial charge in [-0.05, 0) is 24.1 Å². The molecule has 0 amide bonds. The summed E-state index contributed by atoms with van der Waals surface area (Å²) < 4.78 is 10.7. The third-order valence-electron chi connectivity index (χ3n) is 4.08. The molecule has 1 aromatic heterocycles. The summed E-state index contributed by atoms with van der Waals surface area (Å²) in [5, 5.41) is 14.5. The fourth-order valence-electron chi connectivity index (χ4n) is 2.72. The number of para-hydroxylation sites is 2. The summed E-state index contributed by atoms with van der Waals surface area (Å²) in [6.07, 6.45) is 2.40. The molecule has 3 rings (SSSR count). The average molecular weight is 365 g/mol. The average Bonchev–Trinajstić information content (AvgIpc) is 2.73. The van der Waals surface area contributed by atoms with Gasteiger partial charge in [-0.1, -0.05) is 36.4 Å². The molecule has 2 aromatic carbocycles. The van der Waals surface area contributed by atoms with Gasteiger partial charge in [0.1, 0.15) is 11.5 Å². The molecular formula is C20H23N5O2. The molecule has 0 unspecified atom stereocenters. The number of methoxy groups -OCH3 is 2. The van der Waals surface area contributed by atoms with E-state index in [-0.39, 0.29) is 0 Å². The normalized spacial score (nSPS) is 10.3.